The van der Waals surface area contributed by atoms with Gasteiger partial charge in [0.15, 0.2) is 0 Å². The summed E-state index contributed by atoms with van der Waals surface area (Å²) in [5.41, 5.74) is 0.821. The van der Waals surface area contributed by atoms with E-state index in [-0.39, 0.29) is 5.91 Å². The molecule has 2 aliphatic rings. The van der Waals surface area contributed by atoms with Gasteiger partial charge in [-0.15, -0.1) is 11.8 Å². The van der Waals surface area contributed by atoms with Crippen LogP contribution in [-0.2, 0) is 0 Å². The van der Waals surface area contributed by atoms with E-state index in [0.717, 1.165) is 57.0 Å². The SMILES string of the molecule is CCSc1ccc(C(=O)N2CCC(N3CCNCC3)C2)cc1. The van der Waals surface area contributed by atoms with Gasteiger partial charge in [0.1, 0.15) is 0 Å². The van der Waals surface area contributed by atoms with E-state index in [1.165, 1.54) is 4.90 Å². The second kappa shape index (κ2) is 7.49. The van der Waals surface area contributed by atoms with Crippen molar-refractivity contribution in [2.45, 2.75) is 24.3 Å². The topological polar surface area (TPSA) is 35.6 Å². The number of amides is 1. The molecule has 2 saturated heterocycles. The van der Waals surface area contributed by atoms with Crippen LogP contribution in [0.25, 0.3) is 0 Å². The van der Waals surface area contributed by atoms with Crippen LogP contribution in [0.5, 0.6) is 0 Å². The predicted octanol–water partition coefficient (Wildman–Crippen LogP) is 1.92. The summed E-state index contributed by atoms with van der Waals surface area (Å²) >= 11 is 1.81. The number of nitrogens with one attached hydrogen (secondary N) is 1. The standard InChI is InChI=1S/C17H25N3OS/c1-2-22-16-5-3-14(4-6-16)17(21)20-10-7-15(13-20)19-11-8-18-9-12-19/h3-6,15,18H,2,7-13H2,1H3. The van der Waals surface area contributed by atoms with Gasteiger partial charge in [-0.25, -0.2) is 0 Å². The van der Waals surface area contributed by atoms with Crippen LogP contribution in [0.15, 0.2) is 29.2 Å². The summed E-state index contributed by atoms with van der Waals surface area (Å²) in [7, 11) is 0. The second-order valence-electron chi connectivity index (χ2n) is 5.94. The number of carbonyl (C=O) groups excluding carboxylic acids is 1. The van der Waals surface area contributed by atoms with Gasteiger partial charge in [-0.1, -0.05) is 6.92 Å². The highest BCUT2D eigenvalue weighted by atomic mass is 32.2. The van der Waals surface area contributed by atoms with E-state index in [0.29, 0.717) is 6.04 Å². The summed E-state index contributed by atoms with van der Waals surface area (Å²) < 4.78 is 0. The fourth-order valence-corrected chi connectivity index (χ4v) is 3.98. The first-order chi connectivity index (χ1) is 10.8. The summed E-state index contributed by atoms with van der Waals surface area (Å²) in [6, 6.07) is 8.61. The van der Waals surface area contributed by atoms with Gasteiger partial charge in [0.05, 0.1) is 0 Å². The van der Waals surface area contributed by atoms with Crippen LogP contribution in [0.3, 0.4) is 0 Å². The third kappa shape index (κ3) is 3.65. The summed E-state index contributed by atoms with van der Waals surface area (Å²) in [5.74, 6) is 1.25. The van der Waals surface area contributed by atoms with Gasteiger partial charge in [0, 0.05) is 55.8 Å². The van der Waals surface area contributed by atoms with E-state index in [1.54, 1.807) is 0 Å². The molecule has 1 unspecified atom stereocenters. The van der Waals surface area contributed by atoms with Crippen molar-refractivity contribution < 1.29 is 4.79 Å². The molecule has 0 bridgehead atoms. The average molecular weight is 319 g/mol. The molecule has 2 fully saturated rings. The molecule has 1 N–H and O–H groups in total. The van der Waals surface area contributed by atoms with Crippen molar-refractivity contribution in [3.63, 3.8) is 0 Å². The van der Waals surface area contributed by atoms with Crippen LogP contribution in [0.1, 0.15) is 23.7 Å². The molecule has 22 heavy (non-hydrogen) atoms. The molecule has 120 valence electrons. The highest BCUT2D eigenvalue weighted by molar-refractivity contribution is 7.99. The van der Waals surface area contributed by atoms with Gasteiger partial charge in [-0.05, 0) is 36.4 Å². The summed E-state index contributed by atoms with van der Waals surface area (Å²) in [6.07, 6.45) is 1.11. The van der Waals surface area contributed by atoms with E-state index in [4.69, 9.17) is 0 Å². The number of likely N-dealkylation sites (tertiary alicyclic amines) is 1. The van der Waals surface area contributed by atoms with Crippen molar-refractivity contribution >= 4 is 17.7 Å². The second-order valence-corrected chi connectivity index (χ2v) is 7.27. The zero-order valence-electron chi connectivity index (χ0n) is 13.3. The molecule has 0 spiro atoms. The number of benzene rings is 1. The average Bonchev–Trinajstić information content (AvgIpc) is 3.06. The highest BCUT2D eigenvalue weighted by Crippen LogP contribution is 2.21. The molecule has 1 aromatic carbocycles. The van der Waals surface area contributed by atoms with Gasteiger partial charge in [-0.3, -0.25) is 9.69 Å². The minimum Gasteiger partial charge on any atom is -0.337 e. The molecule has 2 aliphatic heterocycles. The van der Waals surface area contributed by atoms with Gasteiger partial charge >= 0.3 is 0 Å². The lowest BCUT2D eigenvalue weighted by atomic mass is 10.2. The smallest absolute Gasteiger partial charge is 0.253 e. The molecule has 0 aliphatic carbocycles. The number of hydrogen-bond acceptors (Lipinski definition) is 4. The van der Waals surface area contributed by atoms with Crippen LogP contribution in [0, 0.1) is 0 Å². The molecule has 4 nitrogen and oxygen atoms in total. The first-order valence-electron chi connectivity index (χ1n) is 8.25. The fourth-order valence-electron chi connectivity index (χ4n) is 3.31. The Hall–Kier alpha value is -1.04. The first-order valence-corrected chi connectivity index (χ1v) is 9.23. The van der Waals surface area contributed by atoms with Crippen molar-refractivity contribution in [3.8, 4) is 0 Å². The van der Waals surface area contributed by atoms with E-state index >= 15 is 0 Å². The van der Waals surface area contributed by atoms with Crippen LogP contribution >= 0.6 is 11.8 Å². The maximum atomic E-state index is 12.6. The third-order valence-electron chi connectivity index (χ3n) is 4.53. The summed E-state index contributed by atoms with van der Waals surface area (Å²) in [6.45, 7) is 8.26. The number of thioether (sulfide) groups is 1. The monoisotopic (exact) mass is 319 g/mol. The molecule has 1 aromatic rings. The number of hydrogen-bond donors (Lipinski definition) is 1. The molecule has 0 aromatic heterocycles. The molecule has 5 heteroatoms. The molecule has 0 saturated carbocycles. The third-order valence-corrected chi connectivity index (χ3v) is 5.43. The summed E-state index contributed by atoms with van der Waals surface area (Å²) in [4.78, 5) is 18.4. The largest absolute Gasteiger partial charge is 0.337 e. The Morgan fingerprint density at radius 2 is 1.95 bits per heavy atom. The molecule has 0 radical (unpaired) electrons. The van der Waals surface area contributed by atoms with Crippen molar-refractivity contribution in [2.24, 2.45) is 0 Å². The Bertz CT molecular complexity index is 499. The fraction of sp³-hybridized carbons (Fsp3) is 0.588. The van der Waals surface area contributed by atoms with E-state index < -0.39 is 0 Å². The Morgan fingerprint density at radius 3 is 2.64 bits per heavy atom. The molecule has 1 atom stereocenters. The molecular formula is C17H25N3OS. The van der Waals surface area contributed by atoms with E-state index in [1.807, 2.05) is 28.8 Å². The van der Waals surface area contributed by atoms with Crippen molar-refractivity contribution in [3.05, 3.63) is 29.8 Å². The number of rotatable bonds is 4. The lowest BCUT2D eigenvalue weighted by Gasteiger charge is -2.32. The van der Waals surface area contributed by atoms with Crippen LogP contribution < -0.4 is 5.32 Å². The van der Waals surface area contributed by atoms with Gasteiger partial charge in [-0.2, -0.15) is 0 Å². The Morgan fingerprint density at radius 1 is 1.23 bits per heavy atom. The molecular weight excluding hydrogens is 294 g/mol. The van der Waals surface area contributed by atoms with E-state index in [9.17, 15) is 4.79 Å². The van der Waals surface area contributed by atoms with Crippen LogP contribution in [-0.4, -0.2) is 66.8 Å². The molecule has 3 rings (SSSR count). The maximum Gasteiger partial charge on any atom is 0.253 e. The Labute approximate surface area is 137 Å². The maximum absolute atomic E-state index is 12.6. The zero-order valence-corrected chi connectivity index (χ0v) is 14.1. The van der Waals surface area contributed by atoms with Crippen molar-refractivity contribution in [1.29, 1.82) is 0 Å². The first kappa shape index (κ1) is 15.8. The van der Waals surface area contributed by atoms with Gasteiger partial charge in [0.25, 0.3) is 5.91 Å². The Kier molecular flexibility index (Phi) is 5.39. The number of carbonyl (C=O) groups is 1. The zero-order chi connectivity index (χ0) is 15.4. The van der Waals surface area contributed by atoms with Crippen molar-refractivity contribution in [2.75, 3.05) is 45.0 Å². The number of nitrogens with zero attached hydrogens (tertiary/aromatic N) is 2. The summed E-state index contributed by atoms with van der Waals surface area (Å²) in [5, 5.41) is 3.39. The predicted molar refractivity (Wildman–Crippen MR) is 91.6 cm³/mol. The quantitative estimate of drug-likeness (QED) is 0.860. The molecule has 2 heterocycles. The highest BCUT2D eigenvalue weighted by Gasteiger charge is 2.31. The lowest BCUT2D eigenvalue weighted by molar-refractivity contribution is 0.0773. The van der Waals surface area contributed by atoms with Gasteiger partial charge in [0.2, 0.25) is 0 Å². The van der Waals surface area contributed by atoms with Gasteiger partial charge < -0.3 is 10.2 Å². The number of piperazine rings is 1. The van der Waals surface area contributed by atoms with E-state index in [2.05, 4.69) is 29.3 Å². The van der Waals surface area contributed by atoms with Crippen molar-refractivity contribution in [1.82, 2.24) is 15.1 Å². The minimum atomic E-state index is 0.186. The van der Waals surface area contributed by atoms with Crippen LogP contribution in [0.4, 0.5) is 0 Å². The normalized spacial score (nSPS) is 23.0. The van der Waals surface area contributed by atoms with Crippen LogP contribution in [0.2, 0.25) is 0 Å². The Balaban J connectivity index is 1.58. The minimum absolute atomic E-state index is 0.186. The lowest BCUT2D eigenvalue weighted by Crippen LogP contribution is -2.49. The molecule has 1 amide bonds.